The first-order valence-corrected chi connectivity index (χ1v) is 7.26. The van der Waals surface area contributed by atoms with Crippen LogP contribution in [0.3, 0.4) is 0 Å². The van der Waals surface area contributed by atoms with E-state index in [4.69, 9.17) is 11.6 Å². The van der Waals surface area contributed by atoms with Crippen molar-refractivity contribution in [2.24, 2.45) is 0 Å². The van der Waals surface area contributed by atoms with E-state index < -0.39 is 6.10 Å². The molecule has 3 nitrogen and oxygen atoms in total. The Hall–Kier alpha value is -0.840. The standard InChI is InChI=1S/C14H16BrClN2O/c1-8(2)18-13(11(16)7-17-18)14(19)10-6-4-5-9(3)12(10)15/h4-8,14,19H,1-3H3. The van der Waals surface area contributed by atoms with Crippen LogP contribution in [-0.2, 0) is 0 Å². The van der Waals surface area contributed by atoms with Gasteiger partial charge in [-0.15, -0.1) is 0 Å². The average molecular weight is 344 g/mol. The van der Waals surface area contributed by atoms with E-state index in [1.807, 2.05) is 39.0 Å². The molecule has 1 aromatic heterocycles. The molecule has 0 saturated heterocycles. The summed E-state index contributed by atoms with van der Waals surface area (Å²) in [5, 5.41) is 15.3. The van der Waals surface area contributed by atoms with Crippen molar-refractivity contribution in [2.45, 2.75) is 32.9 Å². The van der Waals surface area contributed by atoms with Gasteiger partial charge < -0.3 is 5.11 Å². The number of halogens is 2. The maximum atomic E-state index is 10.6. The minimum absolute atomic E-state index is 0.140. The monoisotopic (exact) mass is 342 g/mol. The largest absolute Gasteiger partial charge is 0.382 e. The number of rotatable bonds is 3. The maximum Gasteiger partial charge on any atom is 0.123 e. The molecule has 0 aliphatic heterocycles. The van der Waals surface area contributed by atoms with Crippen LogP contribution in [0.15, 0.2) is 28.9 Å². The van der Waals surface area contributed by atoms with E-state index in [0.29, 0.717) is 10.7 Å². The molecule has 0 amide bonds. The molecule has 2 aromatic rings. The molecule has 1 N–H and O–H groups in total. The molecule has 0 aliphatic rings. The van der Waals surface area contributed by atoms with Crippen molar-refractivity contribution in [2.75, 3.05) is 0 Å². The summed E-state index contributed by atoms with van der Waals surface area (Å²) < 4.78 is 2.65. The first kappa shape index (κ1) is 14.6. The fraction of sp³-hybridized carbons (Fsp3) is 0.357. The van der Waals surface area contributed by atoms with E-state index in [-0.39, 0.29) is 6.04 Å². The van der Waals surface area contributed by atoms with E-state index in [0.717, 1.165) is 15.6 Å². The number of hydrogen-bond donors (Lipinski definition) is 1. The van der Waals surface area contributed by atoms with Gasteiger partial charge in [-0.05, 0) is 26.3 Å². The van der Waals surface area contributed by atoms with Crippen molar-refractivity contribution >= 4 is 27.5 Å². The van der Waals surface area contributed by atoms with Crippen LogP contribution >= 0.6 is 27.5 Å². The Morgan fingerprint density at radius 3 is 2.68 bits per heavy atom. The van der Waals surface area contributed by atoms with Gasteiger partial charge in [0.15, 0.2) is 0 Å². The Morgan fingerprint density at radius 1 is 1.37 bits per heavy atom. The van der Waals surface area contributed by atoms with Crippen molar-refractivity contribution in [3.05, 3.63) is 50.7 Å². The Labute approximate surface area is 126 Å². The molecule has 1 atom stereocenters. The molecular weight excluding hydrogens is 328 g/mol. The van der Waals surface area contributed by atoms with Gasteiger partial charge in [-0.25, -0.2) is 0 Å². The Morgan fingerprint density at radius 2 is 2.05 bits per heavy atom. The van der Waals surface area contributed by atoms with Gasteiger partial charge in [-0.1, -0.05) is 45.7 Å². The van der Waals surface area contributed by atoms with Crippen LogP contribution in [0.5, 0.6) is 0 Å². The van der Waals surface area contributed by atoms with Crippen LogP contribution in [0.2, 0.25) is 5.02 Å². The lowest BCUT2D eigenvalue weighted by molar-refractivity contribution is 0.204. The molecule has 0 saturated carbocycles. The number of aliphatic hydroxyl groups excluding tert-OH is 1. The number of nitrogens with zero attached hydrogens (tertiary/aromatic N) is 2. The topological polar surface area (TPSA) is 38.1 Å². The molecule has 0 radical (unpaired) electrons. The van der Waals surface area contributed by atoms with Crippen molar-refractivity contribution in [1.82, 2.24) is 9.78 Å². The van der Waals surface area contributed by atoms with Crippen molar-refractivity contribution < 1.29 is 5.11 Å². The first-order valence-electron chi connectivity index (χ1n) is 6.09. The van der Waals surface area contributed by atoms with E-state index in [1.165, 1.54) is 0 Å². The molecule has 0 spiro atoms. The second kappa shape index (κ2) is 5.65. The van der Waals surface area contributed by atoms with Gasteiger partial charge in [0, 0.05) is 16.1 Å². The van der Waals surface area contributed by atoms with E-state index >= 15 is 0 Å². The molecule has 0 aliphatic carbocycles. The zero-order valence-electron chi connectivity index (χ0n) is 11.1. The fourth-order valence-corrected chi connectivity index (χ4v) is 2.76. The Kier molecular flexibility index (Phi) is 4.33. The number of benzene rings is 1. The minimum Gasteiger partial charge on any atom is -0.382 e. The summed E-state index contributed by atoms with van der Waals surface area (Å²) in [6.45, 7) is 6.00. The molecule has 1 heterocycles. The van der Waals surface area contributed by atoms with Gasteiger partial charge in [0.05, 0.1) is 16.9 Å². The Bertz CT molecular complexity index is 595. The van der Waals surface area contributed by atoms with E-state index in [1.54, 1.807) is 10.9 Å². The van der Waals surface area contributed by atoms with Gasteiger partial charge in [0.25, 0.3) is 0 Å². The third kappa shape index (κ3) is 2.71. The van der Waals surface area contributed by atoms with Gasteiger partial charge in [-0.3, -0.25) is 4.68 Å². The summed E-state index contributed by atoms with van der Waals surface area (Å²) >= 11 is 9.69. The number of aliphatic hydroxyl groups is 1. The molecular formula is C14H16BrClN2O. The van der Waals surface area contributed by atoms with Crippen LogP contribution in [0.25, 0.3) is 0 Å². The number of aromatic nitrogens is 2. The zero-order chi connectivity index (χ0) is 14.2. The summed E-state index contributed by atoms with van der Waals surface area (Å²) in [7, 11) is 0. The van der Waals surface area contributed by atoms with Gasteiger partial charge in [0.2, 0.25) is 0 Å². The number of aryl methyl sites for hydroxylation is 1. The molecule has 1 unspecified atom stereocenters. The number of hydrogen-bond acceptors (Lipinski definition) is 2. The van der Waals surface area contributed by atoms with Gasteiger partial charge in [-0.2, -0.15) is 5.10 Å². The lowest BCUT2D eigenvalue weighted by Crippen LogP contribution is -2.13. The van der Waals surface area contributed by atoms with Gasteiger partial charge in [0.1, 0.15) is 6.10 Å². The van der Waals surface area contributed by atoms with Crippen LogP contribution < -0.4 is 0 Å². The van der Waals surface area contributed by atoms with Crippen LogP contribution in [0.1, 0.15) is 42.8 Å². The highest BCUT2D eigenvalue weighted by Crippen LogP contribution is 2.34. The van der Waals surface area contributed by atoms with Crippen LogP contribution in [0.4, 0.5) is 0 Å². The Balaban J connectivity index is 2.53. The van der Waals surface area contributed by atoms with Gasteiger partial charge >= 0.3 is 0 Å². The third-order valence-corrected chi connectivity index (χ3v) is 4.43. The first-order chi connectivity index (χ1) is 8.93. The zero-order valence-corrected chi connectivity index (χ0v) is 13.4. The smallest absolute Gasteiger partial charge is 0.123 e. The normalized spacial score (nSPS) is 13.0. The third-order valence-electron chi connectivity index (χ3n) is 3.05. The molecule has 1 aromatic carbocycles. The lowest BCUT2D eigenvalue weighted by Gasteiger charge is -2.18. The highest BCUT2D eigenvalue weighted by Gasteiger charge is 2.23. The highest BCUT2D eigenvalue weighted by molar-refractivity contribution is 9.10. The summed E-state index contributed by atoms with van der Waals surface area (Å²) in [5.41, 5.74) is 2.50. The predicted molar refractivity (Wildman–Crippen MR) is 80.6 cm³/mol. The average Bonchev–Trinajstić information content (AvgIpc) is 2.74. The summed E-state index contributed by atoms with van der Waals surface area (Å²) in [6.07, 6.45) is 0.774. The van der Waals surface area contributed by atoms with Crippen molar-refractivity contribution in [3.8, 4) is 0 Å². The summed E-state index contributed by atoms with van der Waals surface area (Å²) in [6, 6.07) is 5.93. The molecule has 0 bridgehead atoms. The lowest BCUT2D eigenvalue weighted by atomic mass is 10.0. The molecule has 102 valence electrons. The van der Waals surface area contributed by atoms with E-state index in [2.05, 4.69) is 21.0 Å². The van der Waals surface area contributed by atoms with Crippen LogP contribution in [-0.4, -0.2) is 14.9 Å². The predicted octanol–water partition coefficient (Wildman–Crippen LogP) is 4.27. The fourth-order valence-electron chi connectivity index (χ4n) is 2.05. The van der Waals surface area contributed by atoms with Crippen LogP contribution in [0, 0.1) is 6.92 Å². The summed E-state index contributed by atoms with van der Waals surface area (Å²) in [5.74, 6) is 0. The van der Waals surface area contributed by atoms with E-state index in [9.17, 15) is 5.11 Å². The maximum absolute atomic E-state index is 10.6. The molecule has 19 heavy (non-hydrogen) atoms. The second-order valence-corrected chi connectivity index (χ2v) is 6.00. The molecule has 0 fully saturated rings. The molecule has 2 rings (SSSR count). The minimum atomic E-state index is -0.799. The van der Waals surface area contributed by atoms with Crippen molar-refractivity contribution in [1.29, 1.82) is 0 Å². The highest BCUT2D eigenvalue weighted by atomic mass is 79.9. The molecule has 5 heteroatoms. The SMILES string of the molecule is Cc1cccc(C(O)c2c(Cl)cnn2C(C)C)c1Br. The quantitative estimate of drug-likeness (QED) is 0.903. The summed E-state index contributed by atoms with van der Waals surface area (Å²) in [4.78, 5) is 0. The van der Waals surface area contributed by atoms with Crippen molar-refractivity contribution in [3.63, 3.8) is 0 Å². The second-order valence-electron chi connectivity index (χ2n) is 4.80.